The van der Waals surface area contributed by atoms with Crippen LogP contribution in [0.1, 0.15) is 29.3 Å². The van der Waals surface area contributed by atoms with Crippen molar-refractivity contribution in [2.24, 2.45) is 0 Å². The van der Waals surface area contributed by atoms with Gasteiger partial charge in [0.15, 0.2) is 0 Å². The Bertz CT molecular complexity index is 761. The second-order valence-corrected chi connectivity index (χ2v) is 6.96. The molecule has 0 saturated carbocycles. The van der Waals surface area contributed by atoms with Crippen molar-refractivity contribution in [3.8, 4) is 0 Å². The zero-order valence-corrected chi connectivity index (χ0v) is 12.4. The van der Waals surface area contributed by atoms with Crippen LogP contribution in [0.5, 0.6) is 0 Å². The predicted molar refractivity (Wildman–Crippen MR) is 84.7 cm³/mol. The first kappa shape index (κ1) is 12.2. The maximum absolute atomic E-state index is 6.16. The molecule has 20 heavy (non-hydrogen) atoms. The van der Waals surface area contributed by atoms with Crippen LogP contribution in [0.15, 0.2) is 30.5 Å². The number of rotatable bonds is 2. The minimum Gasteiger partial charge on any atom is -0.378 e. The second kappa shape index (κ2) is 4.79. The Morgan fingerprint density at radius 3 is 3.25 bits per heavy atom. The van der Waals surface area contributed by atoms with E-state index in [2.05, 4.69) is 39.8 Å². The van der Waals surface area contributed by atoms with Crippen LogP contribution >= 0.6 is 22.9 Å². The van der Waals surface area contributed by atoms with E-state index in [0.717, 1.165) is 33.8 Å². The molecule has 1 aliphatic carbocycles. The monoisotopic (exact) mass is 303 g/mol. The van der Waals surface area contributed by atoms with Gasteiger partial charge in [-0.05, 0) is 49.1 Å². The Hall–Kier alpha value is -1.52. The van der Waals surface area contributed by atoms with Gasteiger partial charge in [-0.25, -0.2) is 0 Å². The number of aromatic nitrogens is 2. The summed E-state index contributed by atoms with van der Waals surface area (Å²) >= 11 is 7.88. The largest absolute Gasteiger partial charge is 0.378 e. The minimum absolute atomic E-state index is 0.367. The lowest BCUT2D eigenvalue weighted by molar-refractivity contribution is 0.609. The predicted octanol–water partition coefficient (Wildman–Crippen LogP) is 4.77. The molecule has 1 aliphatic rings. The molecule has 3 nitrogen and oxygen atoms in total. The van der Waals surface area contributed by atoms with Crippen molar-refractivity contribution in [1.82, 2.24) is 10.2 Å². The lowest BCUT2D eigenvalue weighted by atomic mass is 9.94. The van der Waals surface area contributed by atoms with E-state index < -0.39 is 0 Å². The van der Waals surface area contributed by atoms with Crippen molar-refractivity contribution in [3.63, 3.8) is 0 Å². The van der Waals surface area contributed by atoms with Crippen molar-refractivity contribution < 1.29 is 0 Å². The fraction of sp³-hybridized carbons (Fsp3) is 0.267. The van der Waals surface area contributed by atoms with E-state index in [1.807, 2.05) is 6.20 Å². The summed E-state index contributed by atoms with van der Waals surface area (Å²) < 4.78 is 0.897. The number of aromatic amines is 1. The highest BCUT2D eigenvalue weighted by Gasteiger charge is 2.22. The van der Waals surface area contributed by atoms with E-state index >= 15 is 0 Å². The highest BCUT2D eigenvalue weighted by molar-refractivity contribution is 7.16. The van der Waals surface area contributed by atoms with Crippen molar-refractivity contribution in [2.45, 2.75) is 25.3 Å². The first-order chi connectivity index (χ1) is 9.79. The Morgan fingerprint density at radius 1 is 1.35 bits per heavy atom. The third-order valence-electron chi connectivity index (χ3n) is 3.86. The van der Waals surface area contributed by atoms with Crippen LogP contribution in [0, 0.1) is 0 Å². The molecule has 2 N–H and O–H groups in total. The molecule has 0 radical (unpaired) electrons. The van der Waals surface area contributed by atoms with Gasteiger partial charge >= 0.3 is 0 Å². The zero-order valence-electron chi connectivity index (χ0n) is 10.8. The van der Waals surface area contributed by atoms with Gasteiger partial charge in [-0.15, -0.1) is 11.3 Å². The Balaban J connectivity index is 1.65. The topological polar surface area (TPSA) is 40.7 Å². The minimum atomic E-state index is 0.367. The van der Waals surface area contributed by atoms with Gasteiger partial charge in [0.2, 0.25) is 0 Å². The van der Waals surface area contributed by atoms with Gasteiger partial charge in [0, 0.05) is 16.0 Å². The molecule has 102 valence electrons. The van der Waals surface area contributed by atoms with Crippen LogP contribution in [0.3, 0.4) is 0 Å². The van der Waals surface area contributed by atoms with Crippen LogP contribution in [0.4, 0.5) is 5.69 Å². The molecule has 0 saturated heterocycles. The van der Waals surface area contributed by atoms with Crippen LogP contribution in [0.25, 0.3) is 10.9 Å². The van der Waals surface area contributed by atoms with Crippen molar-refractivity contribution in [1.29, 1.82) is 0 Å². The molecule has 0 spiro atoms. The molecule has 2 aromatic heterocycles. The van der Waals surface area contributed by atoms with E-state index in [9.17, 15) is 0 Å². The van der Waals surface area contributed by atoms with E-state index in [1.54, 1.807) is 11.3 Å². The Kier molecular flexibility index (Phi) is 2.93. The van der Waals surface area contributed by atoms with Gasteiger partial charge in [-0.2, -0.15) is 5.10 Å². The SMILES string of the molecule is Clc1cc2c(s1)CCCC2Nc1ccc2[nH]ncc2c1. The van der Waals surface area contributed by atoms with Gasteiger partial charge in [-0.1, -0.05) is 11.6 Å². The molecule has 0 fully saturated rings. The highest BCUT2D eigenvalue weighted by Crippen LogP contribution is 2.39. The maximum atomic E-state index is 6.16. The molecule has 1 aromatic carbocycles. The Labute approximate surface area is 126 Å². The summed E-state index contributed by atoms with van der Waals surface area (Å²) in [6.45, 7) is 0. The number of H-pyrrole nitrogens is 1. The van der Waals surface area contributed by atoms with Gasteiger partial charge in [0.1, 0.15) is 0 Å². The first-order valence-corrected chi connectivity index (χ1v) is 7.97. The zero-order chi connectivity index (χ0) is 13.5. The standard InChI is InChI=1S/C15H14ClN3S/c16-15-7-11-13(2-1-3-14(11)20-15)18-10-4-5-12-9(6-10)8-17-19-12/h4-8,13,18H,1-3H2,(H,17,19). The van der Waals surface area contributed by atoms with E-state index in [-0.39, 0.29) is 0 Å². The van der Waals surface area contributed by atoms with Gasteiger partial charge in [0.05, 0.1) is 22.1 Å². The Morgan fingerprint density at radius 2 is 2.30 bits per heavy atom. The number of anilines is 1. The second-order valence-electron chi connectivity index (χ2n) is 5.19. The van der Waals surface area contributed by atoms with Crippen LogP contribution in [-0.2, 0) is 6.42 Å². The number of hydrogen-bond acceptors (Lipinski definition) is 3. The third-order valence-corrected chi connectivity index (χ3v) is 5.20. The first-order valence-electron chi connectivity index (χ1n) is 6.77. The molecule has 0 amide bonds. The number of hydrogen-bond donors (Lipinski definition) is 2. The number of halogens is 1. The van der Waals surface area contributed by atoms with E-state index in [0.29, 0.717) is 6.04 Å². The van der Waals surface area contributed by atoms with Crippen molar-refractivity contribution in [2.75, 3.05) is 5.32 Å². The normalized spacial score (nSPS) is 18.1. The fourth-order valence-corrected chi connectivity index (χ4v) is 4.29. The number of fused-ring (bicyclic) bond motifs is 2. The van der Waals surface area contributed by atoms with Crippen LogP contribution in [-0.4, -0.2) is 10.2 Å². The van der Waals surface area contributed by atoms with Crippen LogP contribution in [0.2, 0.25) is 4.34 Å². The molecule has 4 rings (SSSR count). The average molecular weight is 304 g/mol. The molecular formula is C15H14ClN3S. The lowest BCUT2D eigenvalue weighted by Crippen LogP contribution is -2.15. The molecule has 0 bridgehead atoms. The number of nitrogens with one attached hydrogen (secondary N) is 2. The average Bonchev–Trinajstić information content (AvgIpc) is 3.04. The van der Waals surface area contributed by atoms with Gasteiger partial charge in [-0.3, -0.25) is 5.10 Å². The van der Waals surface area contributed by atoms with Crippen LogP contribution < -0.4 is 5.32 Å². The number of thiophene rings is 1. The fourth-order valence-electron chi connectivity index (χ4n) is 2.90. The quantitative estimate of drug-likeness (QED) is 0.716. The summed E-state index contributed by atoms with van der Waals surface area (Å²) in [5, 5.41) is 11.8. The summed E-state index contributed by atoms with van der Waals surface area (Å²) in [6, 6.07) is 8.79. The molecule has 0 aliphatic heterocycles. The summed E-state index contributed by atoms with van der Waals surface area (Å²) in [6.07, 6.45) is 5.39. The number of benzene rings is 1. The summed E-state index contributed by atoms with van der Waals surface area (Å²) in [5.74, 6) is 0. The highest BCUT2D eigenvalue weighted by atomic mass is 35.5. The maximum Gasteiger partial charge on any atom is 0.0934 e. The molecule has 1 atom stereocenters. The van der Waals surface area contributed by atoms with E-state index in [1.165, 1.54) is 16.9 Å². The van der Waals surface area contributed by atoms with Gasteiger partial charge in [0.25, 0.3) is 0 Å². The smallest absolute Gasteiger partial charge is 0.0934 e. The van der Waals surface area contributed by atoms with Gasteiger partial charge < -0.3 is 5.32 Å². The molecular weight excluding hydrogens is 290 g/mol. The number of nitrogens with zero attached hydrogens (tertiary/aromatic N) is 1. The summed E-state index contributed by atoms with van der Waals surface area (Å²) in [7, 11) is 0. The lowest BCUT2D eigenvalue weighted by Gasteiger charge is -2.24. The molecule has 1 unspecified atom stereocenters. The summed E-state index contributed by atoms with van der Waals surface area (Å²) in [4.78, 5) is 1.43. The van der Waals surface area contributed by atoms with E-state index in [4.69, 9.17) is 11.6 Å². The molecule has 5 heteroatoms. The number of aryl methyl sites for hydroxylation is 1. The van der Waals surface area contributed by atoms with Crippen molar-refractivity contribution >= 4 is 39.5 Å². The molecule has 2 heterocycles. The van der Waals surface area contributed by atoms with Crippen molar-refractivity contribution in [3.05, 3.63) is 45.2 Å². The third kappa shape index (κ3) is 2.09. The summed E-state index contributed by atoms with van der Waals surface area (Å²) in [5.41, 5.74) is 3.58. The molecule has 3 aromatic rings.